The van der Waals surface area contributed by atoms with Gasteiger partial charge in [0.25, 0.3) is 0 Å². The summed E-state index contributed by atoms with van der Waals surface area (Å²) in [7, 11) is 0. The molecule has 1 aliphatic carbocycles. The summed E-state index contributed by atoms with van der Waals surface area (Å²) >= 11 is 2.02. The molecule has 2 heterocycles. The van der Waals surface area contributed by atoms with E-state index in [0.717, 1.165) is 24.4 Å². The maximum atomic E-state index is 3.75. The summed E-state index contributed by atoms with van der Waals surface area (Å²) in [5, 5.41) is 3.75. The zero-order valence-electron chi connectivity index (χ0n) is 12.1. The van der Waals surface area contributed by atoms with Gasteiger partial charge in [-0.1, -0.05) is 18.2 Å². The number of hydrogen-bond acceptors (Lipinski definition) is 3. The fourth-order valence-corrected chi connectivity index (χ4v) is 4.91. The Morgan fingerprint density at radius 3 is 2.95 bits per heavy atom. The Morgan fingerprint density at radius 1 is 1.15 bits per heavy atom. The Kier molecular flexibility index (Phi) is 3.76. The number of benzene rings is 1. The Hall–Kier alpha value is -0.510. The highest BCUT2D eigenvalue weighted by Gasteiger charge is 2.34. The van der Waals surface area contributed by atoms with Crippen LogP contribution in [0.15, 0.2) is 29.2 Å². The van der Waals surface area contributed by atoms with Crippen molar-refractivity contribution in [3.05, 3.63) is 29.8 Å². The molecule has 0 aromatic heterocycles. The van der Waals surface area contributed by atoms with Crippen LogP contribution in [0.5, 0.6) is 0 Å². The standard InChI is InChI=1S/C17H24N2S/c1-2-4-17-16(3-1)14(12-20-17)10-18-9-13-7-8-19(11-13)15-5-6-15/h1-4,13-15,18H,5-12H2. The number of hydrogen-bond donors (Lipinski definition) is 1. The van der Waals surface area contributed by atoms with Crippen LogP contribution in [-0.4, -0.2) is 42.9 Å². The van der Waals surface area contributed by atoms with Crippen molar-refractivity contribution in [2.45, 2.75) is 36.1 Å². The topological polar surface area (TPSA) is 15.3 Å². The fraction of sp³-hybridized carbons (Fsp3) is 0.647. The number of nitrogens with one attached hydrogen (secondary N) is 1. The molecule has 1 aromatic rings. The summed E-state index contributed by atoms with van der Waals surface area (Å²) in [6.07, 6.45) is 4.31. The van der Waals surface area contributed by atoms with E-state index in [1.165, 1.54) is 49.5 Å². The fourth-order valence-electron chi connectivity index (χ4n) is 3.66. The van der Waals surface area contributed by atoms with Gasteiger partial charge in [0.1, 0.15) is 0 Å². The first-order chi connectivity index (χ1) is 9.90. The van der Waals surface area contributed by atoms with Crippen LogP contribution in [0.25, 0.3) is 0 Å². The maximum Gasteiger partial charge on any atom is 0.0108 e. The molecule has 0 amide bonds. The summed E-state index contributed by atoms with van der Waals surface area (Å²) in [6.45, 7) is 5.06. The zero-order chi connectivity index (χ0) is 13.4. The third-order valence-electron chi connectivity index (χ3n) is 5.00. The Labute approximate surface area is 126 Å². The molecule has 0 bridgehead atoms. The first-order valence-corrected chi connectivity index (χ1v) is 9.05. The van der Waals surface area contributed by atoms with Gasteiger partial charge in [-0.25, -0.2) is 0 Å². The highest BCUT2D eigenvalue weighted by Crippen LogP contribution is 2.38. The van der Waals surface area contributed by atoms with E-state index >= 15 is 0 Å². The lowest BCUT2D eigenvalue weighted by Gasteiger charge is -2.17. The van der Waals surface area contributed by atoms with Crippen LogP contribution in [0, 0.1) is 5.92 Å². The van der Waals surface area contributed by atoms with Crippen molar-refractivity contribution >= 4 is 11.8 Å². The van der Waals surface area contributed by atoms with E-state index in [9.17, 15) is 0 Å². The van der Waals surface area contributed by atoms with Crippen molar-refractivity contribution in [2.75, 3.05) is 31.9 Å². The van der Waals surface area contributed by atoms with Crippen LogP contribution in [0.1, 0.15) is 30.7 Å². The van der Waals surface area contributed by atoms with Gasteiger partial charge < -0.3 is 10.2 Å². The van der Waals surface area contributed by atoms with E-state index < -0.39 is 0 Å². The Balaban J connectivity index is 1.24. The molecule has 1 saturated carbocycles. The third-order valence-corrected chi connectivity index (χ3v) is 6.25. The molecule has 1 N–H and O–H groups in total. The van der Waals surface area contributed by atoms with Crippen molar-refractivity contribution in [3.63, 3.8) is 0 Å². The molecule has 2 aliphatic heterocycles. The minimum atomic E-state index is 0.720. The monoisotopic (exact) mass is 288 g/mol. The van der Waals surface area contributed by atoms with Crippen LogP contribution in [-0.2, 0) is 0 Å². The number of rotatable bonds is 5. The average Bonchev–Trinajstić information content (AvgIpc) is 3.09. The normalized spacial score (nSPS) is 29.8. The third kappa shape index (κ3) is 2.76. The van der Waals surface area contributed by atoms with E-state index in [4.69, 9.17) is 0 Å². The minimum Gasteiger partial charge on any atom is -0.316 e. The number of nitrogens with zero attached hydrogens (tertiary/aromatic N) is 1. The number of thioether (sulfide) groups is 1. The predicted octanol–water partition coefficient (Wildman–Crippen LogP) is 2.95. The highest BCUT2D eigenvalue weighted by atomic mass is 32.2. The first-order valence-electron chi connectivity index (χ1n) is 8.06. The highest BCUT2D eigenvalue weighted by molar-refractivity contribution is 7.99. The van der Waals surface area contributed by atoms with Gasteiger partial charge in [-0.3, -0.25) is 0 Å². The molecule has 0 radical (unpaired) electrons. The van der Waals surface area contributed by atoms with E-state index in [0.29, 0.717) is 0 Å². The summed E-state index contributed by atoms with van der Waals surface area (Å²) < 4.78 is 0. The van der Waals surface area contributed by atoms with Gasteiger partial charge in [0.15, 0.2) is 0 Å². The van der Waals surface area contributed by atoms with Crippen molar-refractivity contribution in [1.82, 2.24) is 10.2 Å². The smallest absolute Gasteiger partial charge is 0.0108 e. The van der Waals surface area contributed by atoms with Crippen LogP contribution < -0.4 is 5.32 Å². The first kappa shape index (κ1) is 13.2. The van der Waals surface area contributed by atoms with Crippen LogP contribution in [0.3, 0.4) is 0 Å². The predicted molar refractivity (Wildman–Crippen MR) is 85.5 cm³/mol. The number of fused-ring (bicyclic) bond motifs is 1. The van der Waals surface area contributed by atoms with E-state index in [-0.39, 0.29) is 0 Å². The molecule has 2 atom stereocenters. The molecule has 2 unspecified atom stereocenters. The molecular weight excluding hydrogens is 264 g/mol. The van der Waals surface area contributed by atoms with Gasteiger partial charge in [-0.2, -0.15) is 0 Å². The lowest BCUT2D eigenvalue weighted by molar-refractivity contribution is 0.311. The molecule has 2 fully saturated rings. The second-order valence-corrected chi connectivity index (χ2v) is 7.65. The molecule has 2 nitrogen and oxygen atoms in total. The lowest BCUT2D eigenvalue weighted by atomic mass is 10.0. The molecule has 0 spiro atoms. The van der Waals surface area contributed by atoms with Crippen LogP contribution in [0.4, 0.5) is 0 Å². The Bertz CT molecular complexity index is 472. The molecular formula is C17H24N2S. The second kappa shape index (κ2) is 5.70. The van der Waals surface area contributed by atoms with Gasteiger partial charge in [-0.05, 0) is 49.9 Å². The van der Waals surface area contributed by atoms with Crippen LogP contribution in [0.2, 0.25) is 0 Å². The maximum absolute atomic E-state index is 3.75. The summed E-state index contributed by atoms with van der Waals surface area (Å²) in [5.74, 6) is 2.86. The van der Waals surface area contributed by atoms with Crippen molar-refractivity contribution in [1.29, 1.82) is 0 Å². The SMILES string of the molecule is c1ccc2c(c1)SCC2CNCC1CCN(C2CC2)C1. The van der Waals surface area contributed by atoms with E-state index in [1.807, 2.05) is 11.8 Å². The quantitative estimate of drug-likeness (QED) is 0.897. The number of likely N-dealkylation sites (tertiary alicyclic amines) is 1. The molecule has 108 valence electrons. The van der Waals surface area contributed by atoms with Gasteiger partial charge >= 0.3 is 0 Å². The largest absolute Gasteiger partial charge is 0.316 e. The van der Waals surface area contributed by atoms with Crippen molar-refractivity contribution in [2.24, 2.45) is 5.92 Å². The molecule has 20 heavy (non-hydrogen) atoms. The van der Waals surface area contributed by atoms with Gasteiger partial charge in [0.05, 0.1) is 0 Å². The van der Waals surface area contributed by atoms with Gasteiger partial charge in [0.2, 0.25) is 0 Å². The van der Waals surface area contributed by atoms with Crippen molar-refractivity contribution < 1.29 is 0 Å². The lowest BCUT2D eigenvalue weighted by Crippen LogP contribution is -2.30. The summed E-state index contributed by atoms with van der Waals surface area (Å²) in [6, 6.07) is 9.88. The van der Waals surface area contributed by atoms with Gasteiger partial charge in [0, 0.05) is 35.7 Å². The van der Waals surface area contributed by atoms with Gasteiger partial charge in [-0.15, -0.1) is 11.8 Å². The zero-order valence-corrected chi connectivity index (χ0v) is 12.9. The second-order valence-electron chi connectivity index (χ2n) is 6.58. The minimum absolute atomic E-state index is 0.720. The molecule has 3 aliphatic rings. The van der Waals surface area contributed by atoms with Crippen LogP contribution >= 0.6 is 11.8 Å². The molecule has 1 aromatic carbocycles. The summed E-state index contributed by atoms with van der Waals surface area (Å²) in [4.78, 5) is 4.22. The van der Waals surface area contributed by atoms with E-state index in [2.05, 4.69) is 34.5 Å². The molecule has 4 rings (SSSR count). The molecule has 3 heteroatoms. The molecule has 1 saturated heterocycles. The summed E-state index contributed by atoms with van der Waals surface area (Å²) in [5.41, 5.74) is 1.57. The Morgan fingerprint density at radius 2 is 2.05 bits per heavy atom. The van der Waals surface area contributed by atoms with E-state index in [1.54, 1.807) is 5.56 Å². The average molecular weight is 288 g/mol. The van der Waals surface area contributed by atoms with Crippen molar-refractivity contribution in [3.8, 4) is 0 Å².